The number of fused-ring (bicyclic) bond motifs is 1. The summed E-state index contributed by atoms with van der Waals surface area (Å²) in [5.74, 6) is -0.148. The number of halogens is 1. The van der Waals surface area contributed by atoms with Gasteiger partial charge in [0.2, 0.25) is 0 Å². The summed E-state index contributed by atoms with van der Waals surface area (Å²) in [4.78, 5) is 2.10. The summed E-state index contributed by atoms with van der Waals surface area (Å²) < 4.78 is 13.9. The van der Waals surface area contributed by atoms with Gasteiger partial charge in [-0.15, -0.1) is 0 Å². The zero-order chi connectivity index (χ0) is 13.9. The van der Waals surface area contributed by atoms with E-state index in [2.05, 4.69) is 35.3 Å². The van der Waals surface area contributed by atoms with Crippen LogP contribution in [0.2, 0.25) is 0 Å². The zero-order valence-electron chi connectivity index (χ0n) is 11.6. The molecule has 0 saturated heterocycles. The number of benzene rings is 2. The third kappa shape index (κ3) is 2.48. The summed E-state index contributed by atoms with van der Waals surface area (Å²) in [6.07, 6.45) is 1.00. The van der Waals surface area contributed by atoms with Gasteiger partial charge in [0, 0.05) is 24.8 Å². The van der Waals surface area contributed by atoms with Crippen LogP contribution in [0.5, 0.6) is 0 Å². The molecule has 104 valence electrons. The lowest BCUT2D eigenvalue weighted by Crippen LogP contribution is -2.36. The van der Waals surface area contributed by atoms with Gasteiger partial charge in [-0.05, 0) is 37.1 Å². The van der Waals surface area contributed by atoms with E-state index >= 15 is 0 Å². The van der Waals surface area contributed by atoms with Crippen molar-refractivity contribution < 1.29 is 4.39 Å². The fourth-order valence-electron chi connectivity index (χ4n) is 2.86. The lowest BCUT2D eigenvalue weighted by Gasteiger charge is -2.27. The highest BCUT2D eigenvalue weighted by Gasteiger charge is 2.22. The Kier molecular flexibility index (Phi) is 3.59. The first kappa shape index (κ1) is 13.0. The van der Waals surface area contributed by atoms with Crippen LogP contribution in [0.15, 0.2) is 48.5 Å². The van der Waals surface area contributed by atoms with Gasteiger partial charge in [0.1, 0.15) is 5.82 Å². The Hall–Kier alpha value is -2.03. The second-order valence-corrected chi connectivity index (χ2v) is 5.19. The van der Waals surface area contributed by atoms with Crippen LogP contribution in [0.4, 0.5) is 15.8 Å². The predicted octanol–water partition coefficient (Wildman–Crippen LogP) is 3.69. The Labute approximate surface area is 119 Å². The molecule has 1 aliphatic heterocycles. The van der Waals surface area contributed by atoms with Crippen LogP contribution in [0, 0.1) is 5.82 Å². The van der Waals surface area contributed by atoms with Gasteiger partial charge in [-0.3, -0.25) is 0 Å². The van der Waals surface area contributed by atoms with Crippen molar-refractivity contribution in [2.45, 2.75) is 19.4 Å². The van der Waals surface area contributed by atoms with E-state index in [0.717, 1.165) is 19.5 Å². The molecule has 2 aromatic rings. The van der Waals surface area contributed by atoms with Gasteiger partial charge in [0.05, 0.1) is 5.69 Å². The van der Waals surface area contributed by atoms with Crippen LogP contribution in [-0.2, 0) is 6.42 Å². The third-order valence-electron chi connectivity index (χ3n) is 3.86. The third-order valence-corrected chi connectivity index (χ3v) is 3.86. The second kappa shape index (κ2) is 5.53. The number of nitrogens with zero attached hydrogens (tertiary/aromatic N) is 1. The minimum Gasteiger partial charge on any atom is -0.380 e. The van der Waals surface area contributed by atoms with Crippen LogP contribution in [0.3, 0.4) is 0 Å². The minimum atomic E-state index is -0.148. The van der Waals surface area contributed by atoms with E-state index in [1.807, 2.05) is 18.2 Å². The maximum absolute atomic E-state index is 13.9. The highest BCUT2D eigenvalue weighted by Crippen LogP contribution is 2.27. The van der Waals surface area contributed by atoms with Crippen molar-refractivity contribution in [2.75, 3.05) is 23.3 Å². The quantitative estimate of drug-likeness (QED) is 0.911. The number of hydrogen-bond acceptors (Lipinski definition) is 2. The normalized spacial score (nSPS) is 16.6. The van der Waals surface area contributed by atoms with Gasteiger partial charge in [0.25, 0.3) is 0 Å². The highest BCUT2D eigenvalue weighted by molar-refractivity contribution is 5.57. The van der Waals surface area contributed by atoms with E-state index in [1.165, 1.54) is 17.3 Å². The average molecular weight is 270 g/mol. The van der Waals surface area contributed by atoms with Crippen LogP contribution in [0.1, 0.15) is 12.5 Å². The summed E-state index contributed by atoms with van der Waals surface area (Å²) >= 11 is 0. The SMILES string of the molecule is CCN(CC1Cc2ccccc2N1)c1ccccc1F. The Morgan fingerprint density at radius 1 is 1.15 bits per heavy atom. The molecule has 1 atom stereocenters. The Balaban J connectivity index is 1.73. The van der Waals surface area contributed by atoms with E-state index in [-0.39, 0.29) is 5.82 Å². The second-order valence-electron chi connectivity index (χ2n) is 5.19. The Morgan fingerprint density at radius 3 is 2.65 bits per heavy atom. The fraction of sp³-hybridized carbons (Fsp3) is 0.294. The predicted molar refractivity (Wildman–Crippen MR) is 81.8 cm³/mol. The molecule has 1 aliphatic rings. The van der Waals surface area contributed by atoms with Crippen LogP contribution in [-0.4, -0.2) is 19.1 Å². The van der Waals surface area contributed by atoms with E-state index in [4.69, 9.17) is 0 Å². The summed E-state index contributed by atoms with van der Waals surface area (Å²) in [7, 11) is 0. The van der Waals surface area contributed by atoms with E-state index < -0.39 is 0 Å². The number of anilines is 2. The summed E-state index contributed by atoms with van der Waals surface area (Å²) in [5.41, 5.74) is 3.25. The number of hydrogen-bond donors (Lipinski definition) is 1. The largest absolute Gasteiger partial charge is 0.380 e. The Morgan fingerprint density at radius 2 is 1.90 bits per heavy atom. The first-order valence-corrected chi connectivity index (χ1v) is 7.12. The molecule has 0 amide bonds. The molecule has 3 heteroatoms. The lowest BCUT2D eigenvalue weighted by molar-refractivity contribution is 0.610. The fourth-order valence-corrected chi connectivity index (χ4v) is 2.86. The molecule has 1 heterocycles. The van der Waals surface area contributed by atoms with Crippen molar-refractivity contribution in [3.05, 3.63) is 59.9 Å². The molecular formula is C17H19FN2. The van der Waals surface area contributed by atoms with Gasteiger partial charge in [0.15, 0.2) is 0 Å². The molecule has 0 saturated carbocycles. The highest BCUT2D eigenvalue weighted by atomic mass is 19.1. The van der Waals surface area contributed by atoms with E-state index in [0.29, 0.717) is 11.7 Å². The number of likely N-dealkylation sites (N-methyl/N-ethyl adjacent to an activating group) is 1. The van der Waals surface area contributed by atoms with E-state index in [1.54, 1.807) is 6.07 Å². The molecule has 0 radical (unpaired) electrons. The molecule has 2 nitrogen and oxygen atoms in total. The van der Waals surface area contributed by atoms with Crippen molar-refractivity contribution in [3.8, 4) is 0 Å². The monoisotopic (exact) mass is 270 g/mol. The molecule has 2 aromatic carbocycles. The lowest BCUT2D eigenvalue weighted by atomic mass is 10.1. The van der Waals surface area contributed by atoms with Crippen molar-refractivity contribution >= 4 is 11.4 Å². The molecule has 20 heavy (non-hydrogen) atoms. The van der Waals surface area contributed by atoms with Crippen molar-refractivity contribution in [3.63, 3.8) is 0 Å². The van der Waals surface area contributed by atoms with Crippen LogP contribution < -0.4 is 10.2 Å². The molecule has 1 unspecified atom stereocenters. The Bertz CT molecular complexity index is 572. The van der Waals surface area contributed by atoms with Gasteiger partial charge < -0.3 is 10.2 Å². The van der Waals surface area contributed by atoms with Gasteiger partial charge >= 0.3 is 0 Å². The van der Waals surface area contributed by atoms with Crippen molar-refractivity contribution in [1.82, 2.24) is 0 Å². The number of nitrogens with one attached hydrogen (secondary N) is 1. The molecule has 0 aromatic heterocycles. The van der Waals surface area contributed by atoms with Crippen molar-refractivity contribution in [1.29, 1.82) is 0 Å². The smallest absolute Gasteiger partial charge is 0.146 e. The van der Waals surface area contributed by atoms with Gasteiger partial charge in [-0.2, -0.15) is 0 Å². The van der Waals surface area contributed by atoms with E-state index in [9.17, 15) is 4.39 Å². The first-order valence-electron chi connectivity index (χ1n) is 7.12. The molecule has 3 rings (SSSR count). The summed E-state index contributed by atoms with van der Waals surface area (Å²) in [6.45, 7) is 3.68. The van der Waals surface area contributed by atoms with Crippen molar-refractivity contribution in [2.24, 2.45) is 0 Å². The zero-order valence-corrected chi connectivity index (χ0v) is 11.6. The minimum absolute atomic E-state index is 0.148. The molecule has 0 spiro atoms. The van der Waals surface area contributed by atoms with Crippen LogP contribution >= 0.6 is 0 Å². The summed E-state index contributed by atoms with van der Waals surface area (Å²) in [6, 6.07) is 15.7. The first-order chi connectivity index (χ1) is 9.78. The molecular weight excluding hydrogens is 251 g/mol. The topological polar surface area (TPSA) is 15.3 Å². The number of para-hydroxylation sites is 2. The maximum Gasteiger partial charge on any atom is 0.146 e. The number of rotatable bonds is 4. The standard InChI is InChI=1S/C17H19FN2/c1-2-20(17-10-6-4-8-15(17)18)12-14-11-13-7-3-5-9-16(13)19-14/h3-10,14,19H,2,11-12H2,1H3. The molecule has 0 bridgehead atoms. The molecule has 1 N–H and O–H groups in total. The average Bonchev–Trinajstić information content (AvgIpc) is 2.88. The van der Waals surface area contributed by atoms with Gasteiger partial charge in [-0.25, -0.2) is 4.39 Å². The molecule has 0 fully saturated rings. The molecule has 0 aliphatic carbocycles. The van der Waals surface area contributed by atoms with Gasteiger partial charge in [-0.1, -0.05) is 30.3 Å². The maximum atomic E-state index is 13.9. The van der Waals surface area contributed by atoms with Crippen LogP contribution in [0.25, 0.3) is 0 Å². The summed E-state index contributed by atoms with van der Waals surface area (Å²) in [5, 5.41) is 3.52.